The first-order valence-corrected chi connectivity index (χ1v) is 9.90. The number of nitrogens with zero attached hydrogens (tertiary/aromatic N) is 4. The maximum atomic E-state index is 13.1. The van der Waals surface area contributed by atoms with E-state index in [1.54, 1.807) is 31.4 Å². The Morgan fingerprint density at radius 2 is 2.00 bits per heavy atom. The van der Waals surface area contributed by atoms with Crippen molar-refractivity contribution in [2.75, 3.05) is 12.1 Å². The third-order valence-corrected chi connectivity index (χ3v) is 5.32. The second-order valence-corrected chi connectivity index (χ2v) is 7.51. The first kappa shape index (κ1) is 20.2. The second kappa shape index (κ2) is 8.36. The monoisotopic (exact) mass is 436 g/mol. The van der Waals surface area contributed by atoms with Crippen LogP contribution >= 0.6 is 11.3 Å². The number of methoxy groups -OCH3 is 1. The van der Waals surface area contributed by atoms with Crippen LogP contribution in [0.4, 0.5) is 11.0 Å². The molecular weight excluding hydrogens is 420 g/mol. The van der Waals surface area contributed by atoms with Gasteiger partial charge in [-0.05, 0) is 60.5 Å². The van der Waals surface area contributed by atoms with Gasteiger partial charge in [0, 0.05) is 0 Å². The van der Waals surface area contributed by atoms with Gasteiger partial charge in [-0.25, -0.2) is 4.98 Å². The number of carbonyl (C=O) groups is 1. The third-order valence-electron chi connectivity index (χ3n) is 4.33. The van der Waals surface area contributed by atoms with Crippen LogP contribution in [-0.2, 0) is 0 Å². The highest BCUT2D eigenvalue weighted by Gasteiger charge is 2.26. The molecule has 0 spiro atoms. The summed E-state index contributed by atoms with van der Waals surface area (Å²) in [6.45, 7) is 1.96. The molecule has 0 N–H and O–H groups in total. The van der Waals surface area contributed by atoms with Gasteiger partial charge in [0.15, 0.2) is 0 Å². The van der Waals surface area contributed by atoms with Crippen molar-refractivity contribution in [3.63, 3.8) is 0 Å². The van der Waals surface area contributed by atoms with Gasteiger partial charge in [-0.15, -0.1) is 0 Å². The molecule has 0 bridgehead atoms. The number of hydrazone groups is 1. The number of benzene rings is 2. The first-order chi connectivity index (χ1) is 14.9. The van der Waals surface area contributed by atoms with E-state index in [1.807, 2.05) is 25.1 Å². The van der Waals surface area contributed by atoms with E-state index in [4.69, 9.17) is 9.15 Å². The van der Waals surface area contributed by atoms with Crippen LogP contribution in [0.3, 0.4) is 0 Å². The normalized spacial score (nSPS) is 11.2. The highest BCUT2D eigenvalue weighted by Crippen LogP contribution is 2.31. The fourth-order valence-corrected chi connectivity index (χ4v) is 3.78. The lowest BCUT2D eigenvalue weighted by Crippen LogP contribution is -2.25. The van der Waals surface area contributed by atoms with Crippen molar-refractivity contribution < 1.29 is 18.9 Å². The largest absolute Gasteiger partial charge is 0.497 e. The molecule has 2 aromatic carbocycles. The van der Waals surface area contributed by atoms with E-state index in [9.17, 15) is 14.9 Å². The molecule has 0 atom stereocenters. The second-order valence-electron chi connectivity index (χ2n) is 6.50. The average Bonchev–Trinajstić information content (AvgIpc) is 3.41. The van der Waals surface area contributed by atoms with E-state index in [0.29, 0.717) is 16.4 Å². The zero-order valence-corrected chi connectivity index (χ0v) is 17.3. The summed E-state index contributed by atoms with van der Waals surface area (Å²) < 4.78 is 11.1. The number of thiazole rings is 1. The molecule has 10 heteroatoms. The minimum Gasteiger partial charge on any atom is -0.497 e. The van der Waals surface area contributed by atoms with Crippen molar-refractivity contribution in [1.82, 2.24) is 4.98 Å². The average molecular weight is 436 g/mol. The summed E-state index contributed by atoms with van der Waals surface area (Å²) in [6.07, 6.45) is 1.49. The number of fused-ring (bicyclic) bond motifs is 1. The molecule has 2 heterocycles. The molecule has 4 aromatic rings. The molecule has 0 aliphatic heterocycles. The van der Waals surface area contributed by atoms with Gasteiger partial charge in [0.05, 0.1) is 29.6 Å². The Labute approximate surface area is 180 Å². The standard InChI is InChI=1S/C21H16N4O5S/c1-13-3-8-16-18(11-13)31-21(23-16)24(20(26)17-9-10-19(30-17)25(27)28)22-12-14-4-6-15(29-2)7-5-14/h3-12H,1-2H3/b22-12+. The summed E-state index contributed by atoms with van der Waals surface area (Å²) in [4.78, 5) is 27.8. The van der Waals surface area contributed by atoms with Crippen LogP contribution in [-0.4, -0.2) is 29.1 Å². The number of anilines is 1. The highest BCUT2D eigenvalue weighted by molar-refractivity contribution is 7.22. The van der Waals surface area contributed by atoms with Crippen molar-refractivity contribution in [2.24, 2.45) is 5.10 Å². The van der Waals surface area contributed by atoms with Crippen molar-refractivity contribution in [1.29, 1.82) is 0 Å². The van der Waals surface area contributed by atoms with Gasteiger partial charge in [-0.2, -0.15) is 10.1 Å². The number of hydrogen-bond acceptors (Lipinski definition) is 8. The molecule has 31 heavy (non-hydrogen) atoms. The summed E-state index contributed by atoms with van der Waals surface area (Å²) >= 11 is 1.28. The lowest BCUT2D eigenvalue weighted by molar-refractivity contribution is -0.402. The van der Waals surface area contributed by atoms with Gasteiger partial charge in [0.2, 0.25) is 10.9 Å². The fourth-order valence-electron chi connectivity index (χ4n) is 2.76. The number of carbonyl (C=O) groups excluding carboxylic acids is 1. The number of aromatic nitrogens is 1. The van der Waals surface area contributed by atoms with E-state index in [1.165, 1.54) is 23.6 Å². The molecule has 2 aromatic heterocycles. The fraction of sp³-hybridized carbons (Fsp3) is 0.0952. The van der Waals surface area contributed by atoms with Crippen LogP contribution < -0.4 is 9.75 Å². The van der Waals surface area contributed by atoms with E-state index in [2.05, 4.69) is 10.1 Å². The predicted molar refractivity (Wildman–Crippen MR) is 117 cm³/mol. The van der Waals surface area contributed by atoms with Gasteiger partial charge < -0.3 is 9.15 Å². The van der Waals surface area contributed by atoms with Gasteiger partial charge in [-0.1, -0.05) is 17.4 Å². The number of ether oxygens (including phenoxy) is 1. The number of amides is 1. The van der Waals surface area contributed by atoms with Crippen LogP contribution in [0.1, 0.15) is 21.7 Å². The molecule has 4 rings (SSSR count). The number of hydrogen-bond donors (Lipinski definition) is 0. The molecule has 0 saturated heterocycles. The maximum Gasteiger partial charge on any atom is 0.433 e. The smallest absolute Gasteiger partial charge is 0.433 e. The van der Waals surface area contributed by atoms with Crippen molar-refractivity contribution in [3.8, 4) is 5.75 Å². The Bertz CT molecular complexity index is 1290. The maximum absolute atomic E-state index is 13.1. The van der Waals surface area contributed by atoms with Crippen LogP contribution in [0.15, 0.2) is 64.1 Å². The van der Waals surface area contributed by atoms with Gasteiger partial charge in [-0.3, -0.25) is 14.9 Å². The Balaban J connectivity index is 1.73. The molecule has 1 amide bonds. The lowest BCUT2D eigenvalue weighted by Gasteiger charge is -2.11. The highest BCUT2D eigenvalue weighted by atomic mass is 32.1. The molecule has 9 nitrogen and oxygen atoms in total. The van der Waals surface area contributed by atoms with Crippen LogP contribution in [0.5, 0.6) is 5.75 Å². The molecule has 0 radical (unpaired) electrons. The molecule has 0 unspecified atom stereocenters. The lowest BCUT2D eigenvalue weighted by atomic mass is 10.2. The number of nitro groups is 1. The topological polar surface area (TPSA) is 111 Å². The zero-order chi connectivity index (χ0) is 22.0. The Hall–Kier alpha value is -4.05. The van der Waals surface area contributed by atoms with Crippen LogP contribution in [0.25, 0.3) is 10.2 Å². The minimum atomic E-state index is -0.706. The van der Waals surface area contributed by atoms with Gasteiger partial charge in [0.1, 0.15) is 10.7 Å². The summed E-state index contributed by atoms with van der Waals surface area (Å²) in [5.74, 6) is -0.723. The van der Waals surface area contributed by atoms with Crippen molar-refractivity contribution in [3.05, 3.63) is 81.6 Å². The van der Waals surface area contributed by atoms with E-state index in [0.717, 1.165) is 26.9 Å². The predicted octanol–water partition coefficient (Wildman–Crippen LogP) is 4.80. The number of aryl methyl sites for hydroxylation is 1. The van der Waals surface area contributed by atoms with Gasteiger partial charge in [0.25, 0.3) is 0 Å². The molecule has 0 aliphatic rings. The summed E-state index contributed by atoms with van der Waals surface area (Å²) in [6, 6.07) is 15.2. The Morgan fingerprint density at radius 3 is 2.68 bits per heavy atom. The van der Waals surface area contributed by atoms with Crippen LogP contribution in [0, 0.1) is 17.0 Å². The summed E-state index contributed by atoms with van der Waals surface area (Å²) in [7, 11) is 1.57. The molecular formula is C21H16N4O5S. The summed E-state index contributed by atoms with van der Waals surface area (Å²) in [5.41, 5.74) is 2.50. The first-order valence-electron chi connectivity index (χ1n) is 9.08. The van der Waals surface area contributed by atoms with E-state index >= 15 is 0 Å². The molecule has 0 aliphatic carbocycles. The molecule has 0 saturated carbocycles. The van der Waals surface area contributed by atoms with Crippen molar-refractivity contribution >= 4 is 44.7 Å². The van der Waals surface area contributed by atoms with E-state index in [-0.39, 0.29) is 5.76 Å². The summed E-state index contributed by atoms with van der Waals surface area (Å²) in [5, 5.41) is 16.6. The van der Waals surface area contributed by atoms with Crippen LogP contribution in [0.2, 0.25) is 0 Å². The molecule has 156 valence electrons. The zero-order valence-electron chi connectivity index (χ0n) is 16.5. The van der Waals surface area contributed by atoms with Crippen molar-refractivity contribution in [2.45, 2.75) is 6.92 Å². The Kier molecular flexibility index (Phi) is 5.46. The minimum absolute atomic E-state index is 0.214. The number of furan rings is 1. The Morgan fingerprint density at radius 1 is 1.23 bits per heavy atom. The SMILES string of the molecule is COc1ccc(/C=N/N(C(=O)c2ccc([N+](=O)[O-])o2)c2nc3ccc(C)cc3s2)cc1. The quantitative estimate of drug-likeness (QED) is 0.244. The molecule has 0 fully saturated rings. The van der Waals surface area contributed by atoms with E-state index < -0.39 is 16.7 Å². The number of rotatable bonds is 6. The van der Waals surface area contributed by atoms with Gasteiger partial charge >= 0.3 is 11.8 Å². The third kappa shape index (κ3) is 4.28.